The molecule has 32 heavy (non-hydrogen) atoms. The monoisotopic (exact) mass is 442 g/mol. The molecule has 0 saturated heterocycles. The van der Waals surface area contributed by atoms with Crippen molar-refractivity contribution in [3.63, 3.8) is 0 Å². The lowest BCUT2D eigenvalue weighted by Gasteiger charge is -2.13. The second-order valence-corrected chi connectivity index (χ2v) is 8.77. The topological polar surface area (TPSA) is 77.6 Å². The van der Waals surface area contributed by atoms with Crippen molar-refractivity contribution >= 4 is 34.0 Å². The van der Waals surface area contributed by atoms with Gasteiger partial charge in [-0.25, -0.2) is 14.3 Å². The summed E-state index contributed by atoms with van der Waals surface area (Å²) in [6.45, 7) is 6.47. The number of nitrogens with zero attached hydrogens (tertiary/aromatic N) is 5. The fraction of sp³-hybridized carbons (Fsp3) is 0.167. The summed E-state index contributed by atoms with van der Waals surface area (Å²) in [5.41, 5.74) is 5.46. The number of thiophene rings is 1. The Hall–Kier alpha value is -3.78. The summed E-state index contributed by atoms with van der Waals surface area (Å²) in [6, 6.07) is 15.6. The van der Waals surface area contributed by atoms with E-state index in [1.807, 2.05) is 71.9 Å². The molecular formula is C24H22N6OS. The summed E-state index contributed by atoms with van der Waals surface area (Å²) in [5, 5.41) is 14.9. The summed E-state index contributed by atoms with van der Waals surface area (Å²) >= 11 is 1.67. The first-order valence-electron chi connectivity index (χ1n) is 10.3. The van der Waals surface area contributed by atoms with Gasteiger partial charge in [-0.2, -0.15) is 10.2 Å². The summed E-state index contributed by atoms with van der Waals surface area (Å²) < 4.78 is 3.69. The first-order chi connectivity index (χ1) is 15.5. The zero-order valence-corrected chi connectivity index (χ0v) is 18.8. The number of hydrogen-bond donors (Lipinski definition) is 1. The third-order valence-corrected chi connectivity index (χ3v) is 6.12. The van der Waals surface area contributed by atoms with Gasteiger partial charge in [-0.3, -0.25) is 4.79 Å². The summed E-state index contributed by atoms with van der Waals surface area (Å²) in [7, 11) is 0. The van der Waals surface area contributed by atoms with E-state index in [9.17, 15) is 4.79 Å². The first-order valence-corrected chi connectivity index (χ1v) is 11.2. The molecule has 7 nitrogen and oxygen atoms in total. The largest absolute Gasteiger partial charge is 0.320 e. The second-order valence-electron chi connectivity index (χ2n) is 7.74. The predicted octanol–water partition coefficient (Wildman–Crippen LogP) is 4.90. The molecule has 0 aliphatic carbocycles. The van der Waals surface area contributed by atoms with Crippen LogP contribution in [-0.2, 0) is 6.54 Å². The van der Waals surface area contributed by atoms with Crippen LogP contribution in [0.5, 0.6) is 0 Å². The maximum Gasteiger partial charge on any atom is 0.256 e. The molecule has 0 unspecified atom stereocenters. The number of aryl methyl sites for hydroxylation is 3. The van der Waals surface area contributed by atoms with Gasteiger partial charge in [-0.1, -0.05) is 18.2 Å². The Balaban J connectivity index is 1.51. The number of fused-ring (bicyclic) bond motifs is 1. The lowest BCUT2D eigenvalue weighted by Crippen LogP contribution is -2.15. The molecule has 0 bridgehead atoms. The molecule has 1 N–H and O–H groups in total. The molecule has 160 valence electrons. The maximum absolute atomic E-state index is 13.4. The average Bonchev–Trinajstić information content (AvgIpc) is 3.49. The summed E-state index contributed by atoms with van der Waals surface area (Å²) in [6.07, 6.45) is 1.72. The lowest BCUT2D eigenvalue weighted by atomic mass is 10.1. The van der Waals surface area contributed by atoms with Crippen LogP contribution in [0.4, 0.5) is 5.69 Å². The van der Waals surface area contributed by atoms with Crippen molar-refractivity contribution in [3.05, 3.63) is 87.6 Å². The van der Waals surface area contributed by atoms with Gasteiger partial charge < -0.3 is 5.32 Å². The molecule has 0 aliphatic heterocycles. The quantitative estimate of drug-likeness (QED) is 0.420. The molecule has 1 aromatic carbocycles. The van der Waals surface area contributed by atoms with E-state index >= 15 is 0 Å². The number of nitrogens with one attached hydrogen (secondary N) is 1. The van der Waals surface area contributed by atoms with Gasteiger partial charge in [-0.15, -0.1) is 11.3 Å². The number of hydrogen-bond acceptors (Lipinski definition) is 5. The number of carbonyl (C=O) groups excluding carboxylic acids is 1. The maximum atomic E-state index is 13.4. The number of carbonyl (C=O) groups is 1. The van der Waals surface area contributed by atoms with Gasteiger partial charge in [0.1, 0.15) is 0 Å². The SMILES string of the molecule is Cc1cc(C(=O)Nc2ccccc2-n2nc(C)cc2C)c2cnn(Cc3cccs3)c2n1. The fourth-order valence-electron chi connectivity index (χ4n) is 3.85. The molecule has 0 aliphatic rings. The Kier molecular flexibility index (Phi) is 5.07. The van der Waals surface area contributed by atoms with Gasteiger partial charge in [0.25, 0.3) is 5.91 Å². The Morgan fingerprint density at radius 2 is 1.91 bits per heavy atom. The van der Waals surface area contributed by atoms with Crippen LogP contribution in [0.3, 0.4) is 0 Å². The molecule has 5 aromatic rings. The molecule has 0 atom stereocenters. The first kappa shape index (κ1) is 20.1. The van der Waals surface area contributed by atoms with Crippen molar-refractivity contribution in [3.8, 4) is 5.69 Å². The molecule has 8 heteroatoms. The Morgan fingerprint density at radius 3 is 2.66 bits per heavy atom. The molecule has 0 saturated carbocycles. The number of para-hydroxylation sites is 2. The Morgan fingerprint density at radius 1 is 1.06 bits per heavy atom. The molecular weight excluding hydrogens is 420 g/mol. The van der Waals surface area contributed by atoms with Crippen molar-refractivity contribution in [1.29, 1.82) is 0 Å². The van der Waals surface area contributed by atoms with Crippen LogP contribution in [-0.4, -0.2) is 30.5 Å². The van der Waals surface area contributed by atoms with E-state index in [0.29, 0.717) is 23.4 Å². The molecule has 0 spiro atoms. The van der Waals surface area contributed by atoms with E-state index < -0.39 is 0 Å². The standard InChI is InChI=1S/C24H22N6OS/c1-15-12-19(20-13-25-29(23(20)26-15)14-18-7-6-10-32-18)24(31)27-21-8-4-5-9-22(21)30-17(3)11-16(2)28-30/h4-13H,14H2,1-3H3,(H,27,31). The summed E-state index contributed by atoms with van der Waals surface area (Å²) in [4.78, 5) is 19.2. The third kappa shape index (κ3) is 3.69. The van der Waals surface area contributed by atoms with Crippen LogP contribution in [0.25, 0.3) is 16.7 Å². The van der Waals surface area contributed by atoms with Crippen LogP contribution in [0.2, 0.25) is 0 Å². The average molecular weight is 443 g/mol. The number of benzene rings is 1. The number of aromatic nitrogens is 5. The molecule has 4 aromatic heterocycles. The van der Waals surface area contributed by atoms with Gasteiger partial charge >= 0.3 is 0 Å². The predicted molar refractivity (Wildman–Crippen MR) is 127 cm³/mol. The van der Waals surface area contributed by atoms with Crippen molar-refractivity contribution < 1.29 is 4.79 Å². The number of rotatable bonds is 5. The van der Waals surface area contributed by atoms with E-state index in [1.54, 1.807) is 23.6 Å². The normalized spacial score (nSPS) is 11.2. The van der Waals surface area contributed by atoms with Crippen LogP contribution in [0.15, 0.2) is 60.1 Å². The lowest BCUT2D eigenvalue weighted by molar-refractivity contribution is 0.102. The van der Waals surface area contributed by atoms with E-state index in [2.05, 4.69) is 26.6 Å². The third-order valence-electron chi connectivity index (χ3n) is 5.26. The molecule has 0 fully saturated rings. The van der Waals surface area contributed by atoms with Gasteiger partial charge in [-0.05, 0) is 56.5 Å². The molecule has 0 radical (unpaired) electrons. The second kappa shape index (κ2) is 8.05. The minimum Gasteiger partial charge on any atom is -0.320 e. The van der Waals surface area contributed by atoms with E-state index in [1.165, 1.54) is 4.88 Å². The smallest absolute Gasteiger partial charge is 0.256 e. The van der Waals surface area contributed by atoms with Gasteiger partial charge in [0.2, 0.25) is 0 Å². The Bertz CT molecular complexity index is 1430. The highest BCUT2D eigenvalue weighted by atomic mass is 32.1. The van der Waals surface area contributed by atoms with Crippen LogP contribution in [0.1, 0.15) is 32.3 Å². The number of anilines is 1. The fourth-order valence-corrected chi connectivity index (χ4v) is 4.54. The Labute approximate surface area is 189 Å². The van der Waals surface area contributed by atoms with Crippen LogP contribution >= 0.6 is 11.3 Å². The van der Waals surface area contributed by atoms with Crippen molar-refractivity contribution in [1.82, 2.24) is 24.5 Å². The van der Waals surface area contributed by atoms with Gasteiger partial charge in [0, 0.05) is 16.3 Å². The van der Waals surface area contributed by atoms with Crippen LogP contribution in [0, 0.1) is 20.8 Å². The molecule has 1 amide bonds. The van der Waals surface area contributed by atoms with E-state index in [4.69, 9.17) is 0 Å². The van der Waals surface area contributed by atoms with Gasteiger partial charge in [0.05, 0.1) is 40.8 Å². The van der Waals surface area contributed by atoms with Crippen molar-refractivity contribution in [2.24, 2.45) is 0 Å². The van der Waals surface area contributed by atoms with Gasteiger partial charge in [0.15, 0.2) is 5.65 Å². The van der Waals surface area contributed by atoms with Crippen molar-refractivity contribution in [2.45, 2.75) is 27.3 Å². The highest BCUT2D eigenvalue weighted by Gasteiger charge is 2.18. The highest BCUT2D eigenvalue weighted by molar-refractivity contribution is 7.09. The molecule has 4 heterocycles. The van der Waals surface area contributed by atoms with Crippen LogP contribution < -0.4 is 5.32 Å². The zero-order chi connectivity index (χ0) is 22.2. The van der Waals surface area contributed by atoms with E-state index in [0.717, 1.165) is 28.2 Å². The van der Waals surface area contributed by atoms with Crippen molar-refractivity contribution in [2.75, 3.05) is 5.32 Å². The van der Waals surface area contributed by atoms with E-state index in [-0.39, 0.29) is 5.91 Å². The minimum atomic E-state index is -0.204. The zero-order valence-electron chi connectivity index (χ0n) is 18.0. The summed E-state index contributed by atoms with van der Waals surface area (Å²) in [5.74, 6) is -0.204. The number of amides is 1. The highest BCUT2D eigenvalue weighted by Crippen LogP contribution is 2.25. The molecule has 5 rings (SSSR count). The minimum absolute atomic E-state index is 0.204. The number of pyridine rings is 1.